The van der Waals surface area contributed by atoms with Crippen LogP contribution >= 0.6 is 0 Å². The van der Waals surface area contributed by atoms with Crippen molar-refractivity contribution in [2.45, 2.75) is 38.1 Å². The predicted octanol–water partition coefficient (Wildman–Crippen LogP) is 0.0114. The van der Waals surface area contributed by atoms with Gasteiger partial charge in [0.1, 0.15) is 6.29 Å². The summed E-state index contributed by atoms with van der Waals surface area (Å²) in [6, 6.07) is -0.000625. The Labute approximate surface area is 86.4 Å². The van der Waals surface area contributed by atoms with Crippen molar-refractivity contribution in [1.29, 1.82) is 0 Å². The third kappa shape index (κ3) is 8.16. The lowest BCUT2D eigenvalue weighted by Crippen LogP contribution is -2.31. The minimum absolute atomic E-state index is 0.000625. The Balaban J connectivity index is 3.33. The monoisotopic (exact) mass is 201 g/mol. The largest absolute Gasteiger partial charge is 0.330 e. The average Bonchev–Trinajstić information content (AvgIpc) is 2.22. The highest BCUT2D eigenvalue weighted by molar-refractivity contribution is 5.57. The van der Waals surface area contributed by atoms with Crippen molar-refractivity contribution in [2.75, 3.05) is 19.6 Å². The molecule has 0 fully saturated rings. The maximum absolute atomic E-state index is 10.6. The van der Waals surface area contributed by atoms with Gasteiger partial charge in [0.05, 0.1) is 6.04 Å². The van der Waals surface area contributed by atoms with Gasteiger partial charge in [-0.05, 0) is 45.3 Å². The Morgan fingerprint density at radius 2 is 1.71 bits per heavy atom. The van der Waals surface area contributed by atoms with Crippen molar-refractivity contribution >= 4 is 6.29 Å². The number of carbonyl (C=O) groups excluding carboxylic acids is 1. The molecule has 0 radical (unpaired) electrons. The predicted molar refractivity (Wildman–Crippen MR) is 59.0 cm³/mol. The number of nitrogens with one attached hydrogen (secondary N) is 1. The quantitative estimate of drug-likeness (QED) is 0.343. The lowest BCUT2D eigenvalue weighted by Gasteiger charge is -2.11. The van der Waals surface area contributed by atoms with Crippen LogP contribution in [0.5, 0.6) is 0 Å². The fraction of sp³-hybridized carbons (Fsp3) is 0.900. The van der Waals surface area contributed by atoms with E-state index in [1.54, 1.807) is 0 Å². The van der Waals surface area contributed by atoms with Gasteiger partial charge in [0.25, 0.3) is 0 Å². The van der Waals surface area contributed by atoms with Crippen molar-refractivity contribution < 1.29 is 4.79 Å². The minimum Gasteiger partial charge on any atom is -0.330 e. The number of nitrogens with two attached hydrogens (primary N) is 2. The van der Waals surface area contributed by atoms with Crippen LogP contribution in [0.2, 0.25) is 0 Å². The summed E-state index contributed by atoms with van der Waals surface area (Å²) in [6.07, 6.45) is 5.94. The Morgan fingerprint density at radius 1 is 1.07 bits per heavy atom. The van der Waals surface area contributed by atoms with Crippen LogP contribution in [-0.2, 0) is 4.79 Å². The fourth-order valence-electron chi connectivity index (χ4n) is 1.28. The molecule has 0 aromatic carbocycles. The molecule has 84 valence electrons. The summed E-state index contributed by atoms with van der Waals surface area (Å²) in [4.78, 5) is 10.6. The summed E-state index contributed by atoms with van der Waals surface area (Å²) in [7, 11) is 0. The standard InChI is InChI=1S/C10H23N3O/c11-6-2-1-5-10(9-14)13-8-4-3-7-12/h9-10,13H,1-8,11-12H2/t10-/m0/s1. The molecule has 0 heterocycles. The van der Waals surface area contributed by atoms with Crippen LogP contribution in [0.15, 0.2) is 0 Å². The second kappa shape index (κ2) is 10.6. The van der Waals surface area contributed by atoms with E-state index in [1.165, 1.54) is 0 Å². The van der Waals surface area contributed by atoms with Crippen molar-refractivity contribution in [3.05, 3.63) is 0 Å². The Bertz CT molecular complexity index is 131. The maximum atomic E-state index is 10.6. The number of carbonyl (C=O) groups is 1. The van der Waals surface area contributed by atoms with E-state index in [0.29, 0.717) is 6.54 Å². The van der Waals surface area contributed by atoms with Crippen molar-refractivity contribution in [3.8, 4) is 0 Å². The third-order valence-electron chi connectivity index (χ3n) is 2.17. The summed E-state index contributed by atoms with van der Waals surface area (Å²) in [5.74, 6) is 0. The SMILES string of the molecule is NCCCCN[C@H](C=O)CCCCN. The topological polar surface area (TPSA) is 81.1 Å². The van der Waals surface area contributed by atoms with Gasteiger partial charge in [-0.3, -0.25) is 0 Å². The van der Waals surface area contributed by atoms with Gasteiger partial charge >= 0.3 is 0 Å². The van der Waals surface area contributed by atoms with Crippen LogP contribution in [0.3, 0.4) is 0 Å². The van der Waals surface area contributed by atoms with Crippen molar-refractivity contribution in [1.82, 2.24) is 5.32 Å². The van der Waals surface area contributed by atoms with Gasteiger partial charge in [-0.25, -0.2) is 0 Å². The van der Waals surface area contributed by atoms with Crippen LogP contribution < -0.4 is 16.8 Å². The van der Waals surface area contributed by atoms with Crippen LogP contribution in [0, 0.1) is 0 Å². The highest BCUT2D eigenvalue weighted by atomic mass is 16.1. The molecule has 14 heavy (non-hydrogen) atoms. The lowest BCUT2D eigenvalue weighted by atomic mass is 10.1. The number of rotatable bonds is 10. The lowest BCUT2D eigenvalue weighted by molar-refractivity contribution is -0.109. The smallest absolute Gasteiger partial charge is 0.136 e. The van der Waals surface area contributed by atoms with Crippen LogP contribution in [-0.4, -0.2) is 32.0 Å². The molecule has 0 aliphatic carbocycles. The first-order valence-corrected chi connectivity index (χ1v) is 5.44. The first-order chi connectivity index (χ1) is 6.85. The first-order valence-electron chi connectivity index (χ1n) is 5.44. The van der Waals surface area contributed by atoms with Crippen LogP contribution in [0.25, 0.3) is 0 Å². The zero-order valence-corrected chi connectivity index (χ0v) is 8.87. The fourth-order valence-corrected chi connectivity index (χ4v) is 1.28. The molecule has 0 rings (SSSR count). The zero-order valence-electron chi connectivity index (χ0n) is 8.87. The van der Waals surface area contributed by atoms with E-state index in [2.05, 4.69) is 5.32 Å². The molecular formula is C10H23N3O. The number of unbranched alkanes of at least 4 members (excludes halogenated alkanes) is 2. The van der Waals surface area contributed by atoms with Crippen molar-refractivity contribution in [2.24, 2.45) is 11.5 Å². The highest BCUT2D eigenvalue weighted by Gasteiger charge is 2.04. The molecule has 0 aliphatic rings. The Hall–Kier alpha value is -0.450. The molecule has 0 aromatic rings. The van der Waals surface area contributed by atoms with E-state index in [4.69, 9.17) is 11.5 Å². The molecule has 0 amide bonds. The maximum Gasteiger partial charge on any atom is 0.136 e. The van der Waals surface area contributed by atoms with E-state index in [0.717, 1.165) is 51.5 Å². The van der Waals surface area contributed by atoms with Crippen LogP contribution in [0.1, 0.15) is 32.1 Å². The molecule has 5 N–H and O–H groups in total. The van der Waals surface area contributed by atoms with Gasteiger partial charge in [0.2, 0.25) is 0 Å². The van der Waals surface area contributed by atoms with Gasteiger partial charge < -0.3 is 21.6 Å². The van der Waals surface area contributed by atoms with Gasteiger partial charge in [-0.1, -0.05) is 6.42 Å². The number of aldehydes is 1. The van der Waals surface area contributed by atoms with E-state index in [-0.39, 0.29) is 6.04 Å². The summed E-state index contributed by atoms with van der Waals surface area (Å²) >= 11 is 0. The number of hydrogen-bond donors (Lipinski definition) is 3. The molecule has 4 heteroatoms. The molecule has 0 aliphatic heterocycles. The summed E-state index contributed by atoms with van der Waals surface area (Å²) < 4.78 is 0. The third-order valence-corrected chi connectivity index (χ3v) is 2.17. The molecule has 0 saturated heterocycles. The van der Waals surface area contributed by atoms with Gasteiger partial charge in [-0.2, -0.15) is 0 Å². The second-order valence-corrected chi connectivity index (χ2v) is 3.48. The van der Waals surface area contributed by atoms with Gasteiger partial charge in [0.15, 0.2) is 0 Å². The molecule has 0 unspecified atom stereocenters. The zero-order chi connectivity index (χ0) is 10.6. The molecule has 0 bridgehead atoms. The van der Waals surface area contributed by atoms with E-state index >= 15 is 0 Å². The molecular weight excluding hydrogens is 178 g/mol. The average molecular weight is 201 g/mol. The second-order valence-electron chi connectivity index (χ2n) is 3.48. The molecule has 0 saturated carbocycles. The molecule has 0 spiro atoms. The summed E-state index contributed by atoms with van der Waals surface area (Å²) in [5, 5.41) is 3.20. The summed E-state index contributed by atoms with van der Waals surface area (Å²) in [5.41, 5.74) is 10.7. The summed E-state index contributed by atoms with van der Waals surface area (Å²) in [6.45, 7) is 2.31. The van der Waals surface area contributed by atoms with Crippen LogP contribution in [0.4, 0.5) is 0 Å². The highest BCUT2D eigenvalue weighted by Crippen LogP contribution is 1.98. The van der Waals surface area contributed by atoms with Crippen molar-refractivity contribution in [3.63, 3.8) is 0 Å². The van der Waals surface area contributed by atoms with Gasteiger partial charge in [0, 0.05) is 0 Å². The normalized spacial score (nSPS) is 12.7. The Morgan fingerprint density at radius 3 is 2.29 bits per heavy atom. The van der Waals surface area contributed by atoms with Gasteiger partial charge in [-0.15, -0.1) is 0 Å². The first kappa shape index (κ1) is 13.5. The van der Waals surface area contributed by atoms with E-state index in [9.17, 15) is 4.79 Å². The minimum atomic E-state index is -0.000625. The molecule has 4 nitrogen and oxygen atoms in total. The van der Waals surface area contributed by atoms with E-state index < -0.39 is 0 Å². The Kier molecular flexibility index (Phi) is 10.3. The molecule has 1 atom stereocenters. The number of hydrogen-bond acceptors (Lipinski definition) is 4. The molecule has 0 aromatic heterocycles. The van der Waals surface area contributed by atoms with E-state index in [1.807, 2.05) is 0 Å².